The number of aromatic nitrogens is 5. The third kappa shape index (κ3) is 5.26. The molecule has 5 heterocycles. The van der Waals surface area contributed by atoms with Gasteiger partial charge in [0.25, 0.3) is 5.91 Å². The quantitative estimate of drug-likeness (QED) is 0.335. The molecule has 2 N–H and O–H groups in total. The van der Waals surface area contributed by atoms with E-state index < -0.39 is 17.9 Å². The smallest absolute Gasteiger partial charge is 0.449 e. The standard InChI is InChI=1S/C29H31F3N8O4/c1-16-15-44-11-10-39(16)25-19-5-6-20(17-4-7-22(43-3)18(12-17)14-41)34-24(19)36-28(37-25)38-8-9-40-21(13-38)23(26(42)33-2)35-27(40)29(30,31)32/h4-7,12,16,41H,8-11,13-15H2,1-3H3,(H,33,42)/t16-/m0/s1. The molecule has 1 amide bonds. The fourth-order valence-electron chi connectivity index (χ4n) is 5.66. The number of nitrogens with one attached hydrogen (secondary N) is 1. The second-order valence-corrected chi connectivity index (χ2v) is 10.6. The number of ether oxygens (including phenoxy) is 2. The van der Waals surface area contributed by atoms with Crippen LogP contribution in [0.3, 0.4) is 0 Å². The number of hydrogen-bond acceptors (Lipinski definition) is 10. The van der Waals surface area contributed by atoms with Gasteiger partial charge in [-0.3, -0.25) is 4.79 Å². The van der Waals surface area contributed by atoms with Crippen LogP contribution in [0.1, 0.15) is 34.5 Å². The van der Waals surface area contributed by atoms with Crippen LogP contribution in [0.5, 0.6) is 5.75 Å². The Labute approximate surface area is 250 Å². The Morgan fingerprint density at radius 3 is 2.66 bits per heavy atom. The number of nitrogens with zero attached hydrogens (tertiary/aromatic N) is 7. The van der Waals surface area contributed by atoms with E-state index in [0.29, 0.717) is 53.6 Å². The van der Waals surface area contributed by atoms with E-state index in [4.69, 9.17) is 24.4 Å². The third-order valence-electron chi connectivity index (χ3n) is 7.90. The predicted molar refractivity (Wildman–Crippen MR) is 155 cm³/mol. The highest BCUT2D eigenvalue weighted by atomic mass is 19.4. The van der Waals surface area contributed by atoms with Gasteiger partial charge in [0.15, 0.2) is 11.3 Å². The number of carbonyl (C=O) groups excluding carboxylic acids is 1. The summed E-state index contributed by atoms with van der Waals surface area (Å²) in [5.41, 5.74) is 2.19. The monoisotopic (exact) mass is 612 g/mol. The van der Waals surface area contributed by atoms with Crippen molar-refractivity contribution in [2.24, 2.45) is 0 Å². The Balaban J connectivity index is 1.47. The fourth-order valence-corrected chi connectivity index (χ4v) is 5.66. The van der Waals surface area contributed by atoms with Gasteiger partial charge in [0, 0.05) is 37.8 Å². The number of aliphatic hydroxyl groups is 1. The number of carbonyl (C=O) groups is 1. The van der Waals surface area contributed by atoms with Crippen molar-refractivity contribution in [1.82, 2.24) is 29.8 Å². The van der Waals surface area contributed by atoms with E-state index in [1.54, 1.807) is 17.0 Å². The van der Waals surface area contributed by atoms with Crippen LogP contribution in [0.4, 0.5) is 24.9 Å². The number of pyridine rings is 1. The minimum absolute atomic E-state index is 0.0000569. The zero-order valence-electron chi connectivity index (χ0n) is 24.4. The summed E-state index contributed by atoms with van der Waals surface area (Å²) >= 11 is 0. The van der Waals surface area contributed by atoms with Gasteiger partial charge in [-0.1, -0.05) is 0 Å². The van der Waals surface area contributed by atoms with Gasteiger partial charge >= 0.3 is 6.18 Å². The number of aliphatic hydroxyl groups excluding tert-OH is 1. The van der Waals surface area contributed by atoms with E-state index in [1.807, 2.05) is 25.1 Å². The number of imidazole rings is 1. The average molecular weight is 613 g/mol. The number of fused-ring (bicyclic) bond motifs is 2. The number of halogens is 3. The highest BCUT2D eigenvalue weighted by Gasteiger charge is 2.41. The molecule has 1 atom stereocenters. The van der Waals surface area contributed by atoms with Crippen molar-refractivity contribution in [3.63, 3.8) is 0 Å². The first kappa shape index (κ1) is 29.6. The molecular weight excluding hydrogens is 581 g/mol. The summed E-state index contributed by atoms with van der Waals surface area (Å²) in [7, 11) is 2.88. The van der Waals surface area contributed by atoms with Gasteiger partial charge in [0.05, 0.1) is 56.3 Å². The average Bonchev–Trinajstić information content (AvgIpc) is 3.43. The number of amides is 1. The summed E-state index contributed by atoms with van der Waals surface area (Å²) < 4.78 is 53.5. The van der Waals surface area contributed by atoms with Crippen molar-refractivity contribution in [3.8, 4) is 17.0 Å². The lowest BCUT2D eigenvalue weighted by molar-refractivity contribution is -0.147. The highest BCUT2D eigenvalue weighted by molar-refractivity contribution is 5.93. The molecule has 44 heavy (non-hydrogen) atoms. The van der Waals surface area contributed by atoms with E-state index in [2.05, 4.69) is 15.2 Å². The lowest BCUT2D eigenvalue weighted by atomic mass is 10.1. The largest absolute Gasteiger partial charge is 0.496 e. The number of benzene rings is 1. The van der Waals surface area contributed by atoms with Crippen molar-refractivity contribution in [2.45, 2.75) is 38.8 Å². The highest BCUT2D eigenvalue weighted by Crippen LogP contribution is 2.35. The number of anilines is 2. The van der Waals surface area contributed by atoms with E-state index in [-0.39, 0.29) is 49.6 Å². The van der Waals surface area contributed by atoms with Gasteiger partial charge in [-0.2, -0.15) is 23.1 Å². The number of methoxy groups -OCH3 is 1. The minimum atomic E-state index is -4.72. The molecule has 0 bridgehead atoms. The van der Waals surface area contributed by atoms with E-state index >= 15 is 0 Å². The summed E-state index contributed by atoms with van der Waals surface area (Å²) in [5, 5.41) is 12.9. The van der Waals surface area contributed by atoms with Crippen LogP contribution in [0.2, 0.25) is 0 Å². The topological polar surface area (TPSA) is 131 Å². The SMILES string of the molecule is CNC(=O)c1nc(C(F)(F)F)n2c1CN(c1nc(N3CCOC[C@@H]3C)c3ccc(-c4ccc(OC)c(CO)c4)nc3n1)CC2. The summed E-state index contributed by atoms with van der Waals surface area (Å²) in [6, 6.07) is 9.15. The molecule has 15 heteroatoms. The van der Waals surface area contributed by atoms with Gasteiger partial charge in [0.2, 0.25) is 11.8 Å². The molecule has 12 nitrogen and oxygen atoms in total. The summed E-state index contributed by atoms with van der Waals surface area (Å²) in [4.78, 5) is 34.6. The summed E-state index contributed by atoms with van der Waals surface area (Å²) in [6.07, 6.45) is -4.72. The molecule has 3 aromatic heterocycles. The maximum absolute atomic E-state index is 13.8. The molecule has 232 valence electrons. The first-order valence-electron chi connectivity index (χ1n) is 14.1. The minimum Gasteiger partial charge on any atom is -0.496 e. The van der Waals surface area contributed by atoms with Gasteiger partial charge in [-0.15, -0.1) is 0 Å². The maximum Gasteiger partial charge on any atom is 0.449 e. The van der Waals surface area contributed by atoms with Crippen molar-refractivity contribution < 1.29 is 32.5 Å². The molecule has 1 aromatic carbocycles. The number of morpholine rings is 1. The van der Waals surface area contributed by atoms with Crippen LogP contribution in [0, 0.1) is 0 Å². The zero-order valence-corrected chi connectivity index (χ0v) is 24.4. The molecule has 0 unspecified atom stereocenters. The molecule has 1 saturated heterocycles. The van der Waals surface area contributed by atoms with Crippen molar-refractivity contribution in [2.75, 3.05) is 50.3 Å². The van der Waals surface area contributed by atoms with Gasteiger partial charge in [-0.05, 0) is 37.3 Å². The first-order chi connectivity index (χ1) is 21.1. The van der Waals surface area contributed by atoms with Crippen LogP contribution < -0.4 is 19.9 Å². The Kier molecular flexibility index (Phi) is 7.75. The Morgan fingerprint density at radius 1 is 1.14 bits per heavy atom. The van der Waals surface area contributed by atoms with E-state index in [9.17, 15) is 23.1 Å². The number of rotatable bonds is 6. The second-order valence-electron chi connectivity index (χ2n) is 10.6. The molecule has 0 radical (unpaired) electrons. The Hall–Kier alpha value is -4.50. The van der Waals surface area contributed by atoms with Gasteiger partial charge in [-0.25, -0.2) is 9.97 Å². The van der Waals surface area contributed by atoms with Crippen molar-refractivity contribution >= 4 is 28.7 Å². The molecule has 1 fully saturated rings. The second kappa shape index (κ2) is 11.5. The van der Waals surface area contributed by atoms with E-state index in [0.717, 1.165) is 10.1 Å². The first-order valence-corrected chi connectivity index (χ1v) is 14.1. The van der Waals surface area contributed by atoms with Crippen LogP contribution in [0.25, 0.3) is 22.3 Å². The number of alkyl halides is 3. The Bertz CT molecular complexity index is 1730. The van der Waals surface area contributed by atoms with Crippen LogP contribution in [0.15, 0.2) is 30.3 Å². The van der Waals surface area contributed by atoms with E-state index in [1.165, 1.54) is 14.2 Å². The maximum atomic E-state index is 13.8. The molecule has 0 aliphatic carbocycles. The van der Waals surface area contributed by atoms with Crippen molar-refractivity contribution in [3.05, 3.63) is 53.1 Å². The Morgan fingerprint density at radius 2 is 1.95 bits per heavy atom. The molecule has 0 saturated carbocycles. The lowest BCUT2D eigenvalue weighted by Crippen LogP contribution is -2.44. The zero-order chi connectivity index (χ0) is 31.2. The molecular formula is C29H31F3N8O4. The molecule has 4 aromatic rings. The van der Waals surface area contributed by atoms with Crippen molar-refractivity contribution in [1.29, 1.82) is 0 Å². The van der Waals surface area contributed by atoms with Crippen LogP contribution in [-0.2, 0) is 30.6 Å². The molecule has 2 aliphatic rings. The molecule has 6 rings (SSSR count). The third-order valence-corrected chi connectivity index (χ3v) is 7.90. The predicted octanol–water partition coefficient (Wildman–Crippen LogP) is 3.01. The molecule has 0 spiro atoms. The summed E-state index contributed by atoms with van der Waals surface area (Å²) in [6.45, 7) is 3.42. The molecule has 2 aliphatic heterocycles. The van der Waals surface area contributed by atoms with Gasteiger partial charge in [0.1, 0.15) is 11.6 Å². The number of hydrogen-bond donors (Lipinski definition) is 2. The van der Waals surface area contributed by atoms with Gasteiger partial charge < -0.3 is 34.3 Å². The normalized spacial score (nSPS) is 17.1. The fraction of sp³-hybridized carbons (Fsp3) is 0.414. The summed E-state index contributed by atoms with van der Waals surface area (Å²) in [5.74, 6) is -0.362. The van der Waals surface area contributed by atoms with Crippen LogP contribution in [-0.4, -0.2) is 82.0 Å². The van der Waals surface area contributed by atoms with Crippen LogP contribution >= 0.6 is 0 Å². The lowest BCUT2D eigenvalue weighted by Gasteiger charge is -2.36.